The number of piperazine rings is 1. The van der Waals surface area contributed by atoms with Gasteiger partial charge in [-0.25, -0.2) is 18.8 Å². The number of fused-ring (bicyclic) bond motifs is 2. The molecule has 2 aliphatic heterocycles. The van der Waals surface area contributed by atoms with Crippen molar-refractivity contribution in [3.63, 3.8) is 0 Å². The van der Waals surface area contributed by atoms with Gasteiger partial charge in [-0.3, -0.25) is 16.6 Å². The molecule has 4 N–H and O–H groups in total. The highest BCUT2D eigenvalue weighted by molar-refractivity contribution is 5.12. The third kappa shape index (κ3) is 1.91. The van der Waals surface area contributed by atoms with Gasteiger partial charge in [0.15, 0.2) is 0 Å². The molecule has 0 aromatic heterocycles. The van der Waals surface area contributed by atoms with Crippen molar-refractivity contribution < 1.29 is 8.78 Å². The smallest absolute Gasteiger partial charge is 0.258 e. The molecule has 0 aromatic carbocycles. The number of hydrazine groups is 2. The average Bonchev–Trinajstić information content (AvgIpc) is 2.77. The van der Waals surface area contributed by atoms with Gasteiger partial charge in [0.1, 0.15) is 0 Å². The minimum Gasteiger partial charge on any atom is -0.295 e. The Kier molecular flexibility index (Phi) is 3.16. The molecule has 5 nitrogen and oxygen atoms in total. The van der Waals surface area contributed by atoms with Gasteiger partial charge in [-0.15, -0.1) is 0 Å². The maximum absolute atomic E-state index is 14.6. The lowest BCUT2D eigenvalue weighted by Crippen LogP contribution is -2.70. The van der Waals surface area contributed by atoms with Crippen LogP contribution >= 0.6 is 0 Å². The molecule has 3 aliphatic rings. The second-order valence-corrected chi connectivity index (χ2v) is 7.32. The summed E-state index contributed by atoms with van der Waals surface area (Å²) in [4.78, 5) is 2.07. The SMILES string of the molecule is CN1C(C2C3CC(CN3N)C2(F)F)CN(N)CC1(C)C. The molecule has 0 spiro atoms. The number of nitrogens with two attached hydrogens (primary N) is 2. The first-order valence-corrected chi connectivity index (χ1v) is 7.26. The Labute approximate surface area is 118 Å². The first-order chi connectivity index (χ1) is 9.14. The fourth-order valence-electron chi connectivity index (χ4n) is 4.40. The highest BCUT2D eigenvalue weighted by Gasteiger charge is 2.66. The van der Waals surface area contributed by atoms with Crippen LogP contribution in [0.2, 0.25) is 0 Å². The number of piperidine rings is 1. The number of hydrogen-bond acceptors (Lipinski definition) is 5. The Morgan fingerprint density at radius 2 is 1.75 bits per heavy atom. The van der Waals surface area contributed by atoms with E-state index in [4.69, 9.17) is 11.7 Å². The Balaban J connectivity index is 1.91. The summed E-state index contributed by atoms with van der Waals surface area (Å²) in [5.74, 6) is 7.91. The molecule has 0 amide bonds. The lowest BCUT2D eigenvalue weighted by atomic mass is 9.82. The van der Waals surface area contributed by atoms with E-state index in [1.807, 2.05) is 20.9 Å². The van der Waals surface area contributed by atoms with Crippen LogP contribution in [0.25, 0.3) is 0 Å². The standard InChI is InChI=1S/C13H25F2N5/c1-12(2)7-19(16)6-10(18(12)3)11-9-4-8(5-20(9)17)13(11,14)15/h8-11H,4-7,16-17H2,1-3H3. The van der Waals surface area contributed by atoms with Gasteiger partial charge in [0, 0.05) is 43.2 Å². The number of hydrogen-bond donors (Lipinski definition) is 2. The van der Waals surface area contributed by atoms with E-state index in [1.165, 1.54) is 0 Å². The van der Waals surface area contributed by atoms with Gasteiger partial charge in [-0.05, 0) is 27.3 Å². The Bertz CT molecular complexity index is 402. The van der Waals surface area contributed by atoms with Gasteiger partial charge in [-0.1, -0.05) is 0 Å². The van der Waals surface area contributed by atoms with Crippen molar-refractivity contribution in [2.24, 2.45) is 23.5 Å². The molecule has 20 heavy (non-hydrogen) atoms. The van der Waals surface area contributed by atoms with E-state index in [9.17, 15) is 8.78 Å². The average molecular weight is 289 g/mol. The molecule has 3 rings (SSSR count). The lowest BCUT2D eigenvalue weighted by molar-refractivity contribution is -0.159. The zero-order valence-corrected chi connectivity index (χ0v) is 12.4. The summed E-state index contributed by atoms with van der Waals surface area (Å²) in [6.45, 7) is 5.55. The van der Waals surface area contributed by atoms with E-state index in [0.29, 0.717) is 26.1 Å². The van der Waals surface area contributed by atoms with Crippen LogP contribution in [-0.2, 0) is 0 Å². The van der Waals surface area contributed by atoms with Crippen molar-refractivity contribution >= 4 is 0 Å². The zero-order chi connectivity index (χ0) is 14.9. The summed E-state index contributed by atoms with van der Waals surface area (Å²) < 4.78 is 29.3. The predicted octanol–water partition coefficient (Wildman–Crippen LogP) is 0.0840. The molecule has 2 bridgehead atoms. The monoisotopic (exact) mass is 289 g/mol. The molecule has 4 unspecified atom stereocenters. The molecule has 0 aromatic rings. The van der Waals surface area contributed by atoms with Gasteiger partial charge in [0.25, 0.3) is 5.92 Å². The summed E-state index contributed by atoms with van der Waals surface area (Å²) >= 11 is 0. The van der Waals surface area contributed by atoms with Crippen molar-refractivity contribution in [3.05, 3.63) is 0 Å². The highest BCUT2D eigenvalue weighted by Crippen LogP contribution is 2.54. The van der Waals surface area contributed by atoms with E-state index >= 15 is 0 Å². The van der Waals surface area contributed by atoms with Crippen LogP contribution in [0.4, 0.5) is 8.78 Å². The number of alkyl halides is 2. The minimum absolute atomic E-state index is 0.213. The molecule has 0 radical (unpaired) electrons. The van der Waals surface area contributed by atoms with Crippen LogP contribution in [0.15, 0.2) is 0 Å². The second-order valence-electron chi connectivity index (χ2n) is 7.32. The Morgan fingerprint density at radius 1 is 1.10 bits per heavy atom. The van der Waals surface area contributed by atoms with Gasteiger partial charge in [0.05, 0.1) is 5.92 Å². The number of halogens is 2. The normalized spacial score (nSPS) is 45.1. The fraction of sp³-hybridized carbons (Fsp3) is 1.00. The molecule has 2 heterocycles. The minimum atomic E-state index is -2.65. The third-order valence-electron chi connectivity index (χ3n) is 5.66. The Hall–Kier alpha value is -0.340. The maximum Gasteiger partial charge on any atom is 0.258 e. The van der Waals surface area contributed by atoms with E-state index in [1.54, 1.807) is 10.0 Å². The van der Waals surface area contributed by atoms with Crippen molar-refractivity contribution in [3.8, 4) is 0 Å². The number of rotatable bonds is 1. The van der Waals surface area contributed by atoms with Crippen LogP contribution in [0.1, 0.15) is 20.3 Å². The van der Waals surface area contributed by atoms with Gasteiger partial charge >= 0.3 is 0 Å². The summed E-state index contributed by atoms with van der Waals surface area (Å²) in [5, 5.41) is 3.29. The van der Waals surface area contributed by atoms with E-state index in [0.717, 1.165) is 0 Å². The molecule has 2 saturated heterocycles. The van der Waals surface area contributed by atoms with Crippen molar-refractivity contribution in [2.75, 3.05) is 26.7 Å². The largest absolute Gasteiger partial charge is 0.295 e. The summed E-state index contributed by atoms with van der Waals surface area (Å²) in [6, 6.07) is -0.496. The van der Waals surface area contributed by atoms with Crippen LogP contribution in [0.3, 0.4) is 0 Å². The summed E-state index contributed by atoms with van der Waals surface area (Å²) in [6.07, 6.45) is 0.503. The topological polar surface area (TPSA) is 61.8 Å². The predicted molar refractivity (Wildman–Crippen MR) is 72.6 cm³/mol. The summed E-state index contributed by atoms with van der Waals surface area (Å²) in [5.41, 5.74) is -0.213. The Morgan fingerprint density at radius 3 is 2.35 bits per heavy atom. The molecule has 3 fully saturated rings. The second kappa shape index (κ2) is 4.33. The van der Waals surface area contributed by atoms with Crippen LogP contribution in [-0.4, -0.2) is 65.1 Å². The van der Waals surface area contributed by atoms with Crippen molar-refractivity contribution in [1.82, 2.24) is 14.9 Å². The van der Waals surface area contributed by atoms with Crippen molar-refractivity contribution in [1.29, 1.82) is 0 Å². The molecule has 116 valence electrons. The molecular formula is C13H25F2N5. The molecule has 1 aliphatic carbocycles. The van der Waals surface area contributed by atoms with Crippen molar-refractivity contribution in [2.45, 2.75) is 43.8 Å². The third-order valence-corrected chi connectivity index (χ3v) is 5.66. The fourth-order valence-corrected chi connectivity index (χ4v) is 4.40. The maximum atomic E-state index is 14.6. The van der Waals surface area contributed by atoms with Crippen LogP contribution in [0, 0.1) is 11.8 Å². The first-order valence-electron chi connectivity index (χ1n) is 7.26. The molecule has 4 atom stereocenters. The van der Waals surface area contributed by atoms with Gasteiger partial charge in [0.2, 0.25) is 0 Å². The molecule has 1 saturated carbocycles. The van der Waals surface area contributed by atoms with Crippen LogP contribution < -0.4 is 11.7 Å². The first kappa shape index (κ1) is 14.6. The van der Waals surface area contributed by atoms with E-state index in [-0.39, 0.29) is 17.6 Å². The lowest BCUT2D eigenvalue weighted by Gasteiger charge is -2.53. The number of nitrogens with zero attached hydrogens (tertiary/aromatic N) is 3. The van der Waals surface area contributed by atoms with Gasteiger partial charge < -0.3 is 0 Å². The van der Waals surface area contributed by atoms with Gasteiger partial charge in [-0.2, -0.15) is 0 Å². The zero-order valence-electron chi connectivity index (χ0n) is 12.4. The quantitative estimate of drug-likeness (QED) is 0.670. The van der Waals surface area contributed by atoms with E-state index < -0.39 is 17.8 Å². The molecule has 7 heteroatoms. The molecular weight excluding hydrogens is 264 g/mol. The number of likely N-dealkylation sites (N-methyl/N-ethyl adjacent to an activating group) is 1. The van der Waals surface area contributed by atoms with Crippen LogP contribution in [0.5, 0.6) is 0 Å². The highest BCUT2D eigenvalue weighted by atomic mass is 19.3. The summed E-state index contributed by atoms with van der Waals surface area (Å²) in [7, 11) is 1.93. The van der Waals surface area contributed by atoms with E-state index in [2.05, 4.69) is 4.90 Å².